The molecule has 0 amide bonds. The molecule has 1 saturated carbocycles. The molecule has 0 aromatic rings. The lowest BCUT2D eigenvalue weighted by Crippen LogP contribution is -2.58. The molecular weight excluding hydrogens is 252 g/mol. The second kappa shape index (κ2) is 7.90. The van der Waals surface area contributed by atoms with Gasteiger partial charge in [-0.3, -0.25) is 4.90 Å². The maximum absolute atomic E-state index is 3.76. The van der Waals surface area contributed by atoms with Gasteiger partial charge in [0.1, 0.15) is 0 Å². The van der Waals surface area contributed by atoms with Crippen LogP contribution in [0.2, 0.25) is 0 Å². The zero-order valence-electron chi connectivity index (χ0n) is 13.0. The van der Waals surface area contributed by atoms with Crippen LogP contribution in [-0.2, 0) is 0 Å². The Morgan fingerprint density at radius 1 is 1.21 bits per heavy atom. The summed E-state index contributed by atoms with van der Waals surface area (Å²) in [4.78, 5) is 2.87. The van der Waals surface area contributed by atoms with Crippen molar-refractivity contribution in [2.24, 2.45) is 0 Å². The van der Waals surface area contributed by atoms with Gasteiger partial charge < -0.3 is 5.32 Å². The number of hydrogen-bond donors (Lipinski definition) is 1. The van der Waals surface area contributed by atoms with Crippen LogP contribution in [0.1, 0.15) is 59.3 Å². The van der Waals surface area contributed by atoms with Crippen molar-refractivity contribution in [2.75, 3.05) is 18.8 Å². The molecule has 1 N–H and O–H groups in total. The molecular formula is C16H32N2S. The van der Waals surface area contributed by atoms with Gasteiger partial charge in [0.25, 0.3) is 0 Å². The van der Waals surface area contributed by atoms with Crippen LogP contribution in [0, 0.1) is 0 Å². The second-order valence-electron chi connectivity index (χ2n) is 6.20. The minimum absolute atomic E-state index is 0.741. The summed E-state index contributed by atoms with van der Waals surface area (Å²) in [5.41, 5.74) is 0. The number of thioether (sulfide) groups is 1. The summed E-state index contributed by atoms with van der Waals surface area (Å²) in [5.74, 6) is 1.29. The topological polar surface area (TPSA) is 15.3 Å². The predicted molar refractivity (Wildman–Crippen MR) is 87.0 cm³/mol. The molecule has 4 unspecified atom stereocenters. The van der Waals surface area contributed by atoms with E-state index in [0.29, 0.717) is 0 Å². The molecule has 19 heavy (non-hydrogen) atoms. The van der Waals surface area contributed by atoms with Crippen LogP contribution in [0.15, 0.2) is 0 Å². The third kappa shape index (κ3) is 4.12. The summed E-state index contributed by atoms with van der Waals surface area (Å²) >= 11 is 2.18. The summed E-state index contributed by atoms with van der Waals surface area (Å²) < 4.78 is 0. The van der Waals surface area contributed by atoms with Gasteiger partial charge in [0, 0.05) is 36.5 Å². The first-order valence-corrected chi connectivity index (χ1v) is 9.44. The highest BCUT2D eigenvalue weighted by Gasteiger charge is 2.35. The monoisotopic (exact) mass is 284 g/mol. The van der Waals surface area contributed by atoms with Crippen molar-refractivity contribution in [2.45, 2.75) is 82.7 Å². The van der Waals surface area contributed by atoms with E-state index in [-0.39, 0.29) is 0 Å². The van der Waals surface area contributed by atoms with Gasteiger partial charge in [0.15, 0.2) is 0 Å². The van der Waals surface area contributed by atoms with Gasteiger partial charge in [-0.05, 0) is 37.9 Å². The van der Waals surface area contributed by atoms with Gasteiger partial charge >= 0.3 is 0 Å². The number of piperazine rings is 1. The molecule has 2 nitrogen and oxygen atoms in total. The van der Waals surface area contributed by atoms with Crippen molar-refractivity contribution in [3.05, 3.63) is 0 Å². The molecule has 1 saturated heterocycles. The fourth-order valence-corrected chi connectivity index (χ4v) is 4.99. The van der Waals surface area contributed by atoms with E-state index in [1.54, 1.807) is 0 Å². The molecule has 2 rings (SSSR count). The highest BCUT2D eigenvalue weighted by Crippen LogP contribution is 2.34. The molecule has 0 aromatic carbocycles. The molecule has 3 heteroatoms. The van der Waals surface area contributed by atoms with Gasteiger partial charge in [-0.2, -0.15) is 11.8 Å². The zero-order chi connectivity index (χ0) is 13.7. The SMILES string of the molecule is CCCC1CN(C2CCC(SCC)C2)C(CC)CN1. The molecule has 1 aliphatic carbocycles. The maximum Gasteiger partial charge on any atom is 0.0221 e. The van der Waals surface area contributed by atoms with Gasteiger partial charge in [-0.1, -0.05) is 27.2 Å². The normalized spacial score (nSPS) is 36.8. The van der Waals surface area contributed by atoms with Crippen molar-refractivity contribution >= 4 is 11.8 Å². The molecule has 2 fully saturated rings. The Morgan fingerprint density at radius 2 is 2.05 bits per heavy atom. The van der Waals surface area contributed by atoms with Gasteiger partial charge in [0.05, 0.1) is 0 Å². The third-order valence-electron chi connectivity index (χ3n) is 4.88. The summed E-state index contributed by atoms with van der Waals surface area (Å²) in [7, 11) is 0. The minimum Gasteiger partial charge on any atom is -0.311 e. The predicted octanol–water partition coefficient (Wildman–Crippen LogP) is 3.51. The van der Waals surface area contributed by atoms with Crippen LogP contribution in [0.25, 0.3) is 0 Å². The van der Waals surface area contributed by atoms with Gasteiger partial charge in [0.2, 0.25) is 0 Å². The lowest BCUT2D eigenvalue weighted by atomic mass is 10.0. The Morgan fingerprint density at radius 3 is 2.74 bits per heavy atom. The van der Waals surface area contributed by atoms with Crippen LogP contribution in [0.3, 0.4) is 0 Å². The first-order valence-electron chi connectivity index (χ1n) is 8.39. The smallest absolute Gasteiger partial charge is 0.0221 e. The van der Waals surface area contributed by atoms with Crippen LogP contribution in [0.4, 0.5) is 0 Å². The van der Waals surface area contributed by atoms with Crippen molar-refractivity contribution < 1.29 is 0 Å². The van der Waals surface area contributed by atoms with E-state index in [1.807, 2.05) is 0 Å². The number of nitrogens with one attached hydrogen (secondary N) is 1. The quantitative estimate of drug-likeness (QED) is 0.803. The highest BCUT2D eigenvalue weighted by atomic mass is 32.2. The van der Waals surface area contributed by atoms with Crippen LogP contribution in [0.5, 0.6) is 0 Å². The minimum atomic E-state index is 0.741. The third-order valence-corrected chi connectivity index (χ3v) is 6.11. The van der Waals surface area contributed by atoms with Crippen LogP contribution >= 0.6 is 11.8 Å². The number of rotatable bonds is 6. The largest absolute Gasteiger partial charge is 0.311 e. The molecule has 4 atom stereocenters. The Bertz CT molecular complexity index is 259. The lowest BCUT2D eigenvalue weighted by Gasteiger charge is -2.43. The molecule has 1 heterocycles. The molecule has 112 valence electrons. The molecule has 0 aromatic heterocycles. The van der Waals surface area contributed by atoms with Gasteiger partial charge in [-0.25, -0.2) is 0 Å². The van der Waals surface area contributed by atoms with E-state index in [1.165, 1.54) is 57.4 Å². The van der Waals surface area contributed by atoms with Gasteiger partial charge in [-0.15, -0.1) is 0 Å². The lowest BCUT2D eigenvalue weighted by molar-refractivity contribution is 0.0788. The molecule has 0 radical (unpaired) electrons. The Hall–Kier alpha value is 0.270. The van der Waals surface area contributed by atoms with E-state index >= 15 is 0 Å². The van der Waals surface area contributed by atoms with Crippen molar-refractivity contribution in [3.63, 3.8) is 0 Å². The van der Waals surface area contributed by atoms with E-state index in [4.69, 9.17) is 0 Å². The molecule has 0 bridgehead atoms. The van der Waals surface area contributed by atoms with E-state index < -0.39 is 0 Å². The first-order chi connectivity index (χ1) is 9.28. The van der Waals surface area contributed by atoms with E-state index in [2.05, 4.69) is 42.7 Å². The molecule has 2 aliphatic rings. The van der Waals surface area contributed by atoms with E-state index in [0.717, 1.165) is 23.4 Å². The summed E-state index contributed by atoms with van der Waals surface area (Å²) in [6, 6.07) is 2.39. The Balaban J connectivity index is 1.91. The van der Waals surface area contributed by atoms with Crippen LogP contribution < -0.4 is 5.32 Å². The standard InChI is InChI=1S/C16H32N2S/c1-4-7-13-12-18(14(5-2)11-17-13)15-8-9-16(10-15)19-6-3/h13-17H,4-12H2,1-3H3. The van der Waals surface area contributed by atoms with Crippen molar-refractivity contribution in [1.29, 1.82) is 0 Å². The average molecular weight is 285 g/mol. The Labute approximate surface area is 124 Å². The number of hydrogen-bond acceptors (Lipinski definition) is 3. The molecule has 0 spiro atoms. The second-order valence-corrected chi connectivity index (χ2v) is 7.77. The fraction of sp³-hybridized carbons (Fsp3) is 1.00. The summed E-state index contributed by atoms with van der Waals surface area (Å²) in [6.45, 7) is 9.47. The fourth-order valence-electron chi connectivity index (χ4n) is 3.86. The molecule has 1 aliphatic heterocycles. The average Bonchev–Trinajstić information content (AvgIpc) is 2.88. The maximum atomic E-state index is 3.76. The van der Waals surface area contributed by atoms with Crippen molar-refractivity contribution in [3.8, 4) is 0 Å². The van der Waals surface area contributed by atoms with Crippen molar-refractivity contribution in [1.82, 2.24) is 10.2 Å². The highest BCUT2D eigenvalue weighted by molar-refractivity contribution is 7.99. The van der Waals surface area contributed by atoms with E-state index in [9.17, 15) is 0 Å². The number of nitrogens with zero attached hydrogens (tertiary/aromatic N) is 1. The van der Waals surface area contributed by atoms with Crippen LogP contribution in [-0.4, -0.2) is 47.1 Å². The summed E-state index contributed by atoms with van der Waals surface area (Å²) in [6.07, 6.45) is 8.27. The first kappa shape index (κ1) is 15.7. The Kier molecular flexibility index (Phi) is 6.51. The summed E-state index contributed by atoms with van der Waals surface area (Å²) in [5, 5.41) is 4.70. The zero-order valence-corrected chi connectivity index (χ0v) is 13.8.